The fourth-order valence-electron chi connectivity index (χ4n) is 12.8. The summed E-state index contributed by atoms with van der Waals surface area (Å²) in [4.78, 5) is 10.2. The van der Waals surface area contributed by atoms with E-state index in [0.29, 0.717) is 6.67 Å². The molecule has 10 aromatic carbocycles. The van der Waals surface area contributed by atoms with E-state index in [4.69, 9.17) is 9.72 Å². The Morgan fingerprint density at radius 2 is 1.01 bits per heavy atom. The standard InChI is InChI=1S/C75H62N4O/c1-73(2,3)53-37-39-60-59-31-16-18-33-65(59)75(66(60)45-53,52-27-14-9-15-28-52)54-41-42-76-71(46-54)79-67-34-19-17-32-61(67)62-40-38-58(48-70(62)79)80-57-30-22-29-56(47-57)77-49-78(69-36-21-20-35-68(69)77)72-63(50-23-10-7-11-24-50)43-55(74(4,5)6)44-64(72)51-25-12-8-13-26-51/h7-48H,49H2,1-6H3. The highest BCUT2D eigenvalue weighted by atomic mass is 16.5. The van der Waals surface area contributed by atoms with Gasteiger partial charge < -0.3 is 14.5 Å². The van der Waals surface area contributed by atoms with Gasteiger partial charge in [-0.25, -0.2) is 4.98 Å². The molecule has 0 N–H and O–H groups in total. The maximum Gasteiger partial charge on any atom is 0.137 e. The van der Waals surface area contributed by atoms with Gasteiger partial charge in [-0.3, -0.25) is 4.57 Å². The van der Waals surface area contributed by atoms with Gasteiger partial charge in [0.15, 0.2) is 0 Å². The molecule has 0 saturated heterocycles. The summed E-state index contributed by atoms with van der Waals surface area (Å²) in [5.41, 5.74) is 20.8. The highest BCUT2D eigenvalue weighted by Gasteiger charge is 2.47. The smallest absolute Gasteiger partial charge is 0.137 e. The second-order valence-corrected chi connectivity index (χ2v) is 23.6. The van der Waals surface area contributed by atoms with E-state index in [2.05, 4.69) is 305 Å². The first-order valence-corrected chi connectivity index (χ1v) is 28.0. The molecule has 0 radical (unpaired) electrons. The van der Waals surface area contributed by atoms with Gasteiger partial charge >= 0.3 is 0 Å². The predicted molar refractivity (Wildman–Crippen MR) is 333 cm³/mol. The van der Waals surface area contributed by atoms with Crippen molar-refractivity contribution in [1.29, 1.82) is 0 Å². The summed E-state index contributed by atoms with van der Waals surface area (Å²) in [6.07, 6.45) is 2.00. The van der Waals surface area contributed by atoms with Crippen LogP contribution in [-0.2, 0) is 16.2 Å². The van der Waals surface area contributed by atoms with Gasteiger partial charge in [-0.2, -0.15) is 0 Å². The zero-order chi connectivity index (χ0) is 54.3. The van der Waals surface area contributed by atoms with Crippen LogP contribution in [0.2, 0.25) is 0 Å². The Morgan fingerprint density at radius 1 is 0.412 bits per heavy atom. The number of hydrogen-bond donors (Lipinski definition) is 0. The number of ether oxygens (including phenoxy) is 1. The first-order chi connectivity index (χ1) is 38.9. The van der Waals surface area contributed by atoms with Crippen molar-refractivity contribution in [2.75, 3.05) is 16.5 Å². The Kier molecular flexibility index (Phi) is 11.5. The molecule has 5 heteroatoms. The minimum Gasteiger partial charge on any atom is -0.457 e. The number of fused-ring (bicyclic) bond motifs is 7. The molecule has 2 aliphatic rings. The SMILES string of the molecule is CC(C)(C)c1cc(-c2ccccc2)c(N2CN(c3cccc(Oc4ccc5c6ccccc6n(-c6cc(C7(c8ccccc8)c8ccccc8-c8ccc(C(C)(C)C)cc87)ccn6)c5c4)c3)c3ccccc32)c(-c2ccccc2)c1. The van der Waals surface area contributed by atoms with Gasteiger partial charge in [0.2, 0.25) is 0 Å². The summed E-state index contributed by atoms with van der Waals surface area (Å²) in [7, 11) is 0. The predicted octanol–water partition coefficient (Wildman–Crippen LogP) is 19.5. The van der Waals surface area contributed by atoms with Crippen LogP contribution in [0.4, 0.5) is 22.7 Å². The molecule has 1 aliphatic carbocycles. The van der Waals surface area contributed by atoms with E-state index in [9.17, 15) is 0 Å². The summed E-state index contributed by atoms with van der Waals surface area (Å²) in [6, 6.07) is 90.8. The number of nitrogens with zero attached hydrogens (tertiary/aromatic N) is 4. The Morgan fingerprint density at radius 3 is 1.73 bits per heavy atom. The molecule has 1 unspecified atom stereocenters. The van der Waals surface area contributed by atoms with E-state index < -0.39 is 5.41 Å². The molecule has 0 amide bonds. The lowest BCUT2D eigenvalue weighted by atomic mass is 9.67. The third kappa shape index (κ3) is 8.02. The average molecular weight is 1040 g/mol. The third-order valence-corrected chi connectivity index (χ3v) is 16.7. The van der Waals surface area contributed by atoms with Crippen LogP contribution in [0.3, 0.4) is 0 Å². The van der Waals surface area contributed by atoms with Gasteiger partial charge in [-0.1, -0.05) is 211 Å². The van der Waals surface area contributed by atoms with E-state index in [1.54, 1.807) is 0 Å². The maximum atomic E-state index is 6.99. The highest BCUT2D eigenvalue weighted by Crippen LogP contribution is 2.57. The van der Waals surface area contributed by atoms with E-state index >= 15 is 0 Å². The van der Waals surface area contributed by atoms with Crippen LogP contribution in [0.1, 0.15) is 74.9 Å². The van der Waals surface area contributed by atoms with Crippen molar-refractivity contribution in [2.24, 2.45) is 0 Å². The van der Waals surface area contributed by atoms with Crippen LogP contribution >= 0.6 is 0 Å². The molecule has 0 bridgehead atoms. The first kappa shape index (κ1) is 48.9. The van der Waals surface area contributed by atoms with Crippen molar-refractivity contribution in [3.8, 4) is 50.7 Å². The molecule has 5 nitrogen and oxygen atoms in total. The van der Waals surface area contributed by atoms with Crippen LogP contribution in [-0.4, -0.2) is 16.2 Å². The molecule has 14 rings (SSSR count). The van der Waals surface area contributed by atoms with Gasteiger partial charge in [0, 0.05) is 45.9 Å². The van der Waals surface area contributed by atoms with Crippen molar-refractivity contribution in [3.05, 3.63) is 288 Å². The van der Waals surface area contributed by atoms with E-state index in [-0.39, 0.29) is 10.8 Å². The Balaban J connectivity index is 0.864. The average Bonchev–Trinajstić information content (AvgIpc) is 4.29. The number of rotatable bonds is 9. The van der Waals surface area contributed by atoms with Crippen LogP contribution in [0, 0.1) is 0 Å². The van der Waals surface area contributed by atoms with Crippen LogP contribution < -0.4 is 14.5 Å². The fourth-order valence-corrected chi connectivity index (χ4v) is 12.8. The number of anilines is 4. The zero-order valence-electron chi connectivity index (χ0n) is 46.2. The van der Waals surface area contributed by atoms with Crippen LogP contribution in [0.15, 0.2) is 255 Å². The second kappa shape index (κ2) is 18.9. The van der Waals surface area contributed by atoms with Gasteiger partial charge in [-0.15, -0.1) is 0 Å². The van der Waals surface area contributed by atoms with Gasteiger partial charge in [0.25, 0.3) is 0 Å². The molecule has 0 fully saturated rings. The van der Waals surface area contributed by atoms with E-state index in [0.717, 1.165) is 61.7 Å². The molecule has 0 saturated carbocycles. The number of para-hydroxylation sites is 3. The van der Waals surface area contributed by atoms with Gasteiger partial charge in [-0.05, 0) is 133 Å². The second-order valence-electron chi connectivity index (χ2n) is 23.6. The quantitative estimate of drug-likeness (QED) is 0.144. The van der Waals surface area contributed by atoms with Gasteiger partial charge in [0.05, 0.1) is 33.5 Å². The molecule has 12 aromatic rings. The molecule has 0 spiro atoms. The minimum atomic E-state index is -0.595. The normalized spacial score (nSPS) is 14.8. The van der Waals surface area contributed by atoms with Crippen LogP contribution in [0.5, 0.6) is 11.5 Å². The number of hydrogen-bond acceptors (Lipinski definition) is 4. The minimum absolute atomic E-state index is 0.0414. The van der Waals surface area contributed by atoms with Crippen molar-refractivity contribution in [2.45, 2.75) is 57.8 Å². The Labute approximate surface area is 469 Å². The molecule has 1 aliphatic heterocycles. The summed E-state index contributed by atoms with van der Waals surface area (Å²) < 4.78 is 9.31. The van der Waals surface area contributed by atoms with Crippen molar-refractivity contribution < 1.29 is 4.74 Å². The lowest BCUT2D eigenvalue weighted by Gasteiger charge is -2.35. The zero-order valence-corrected chi connectivity index (χ0v) is 46.2. The number of benzene rings is 10. The topological polar surface area (TPSA) is 33.5 Å². The van der Waals surface area contributed by atoms with Crippen molar-refractivity contribution >= 4 is 44.6 Å². The third-order valence-electron chi connectivity index (χ3n) is 16.7. The molecular weight excluding hydrogens is 973 g/mol. The maximum absolute atomic E-state index is 6.99. The first-order valence-electron chi connectivity index (χ1n) is 28.0. The molecule has 2 aromatic heterocycles. The molecule has 388 valence electrons. The Hall–Kier alpha value is -9.45. The largest absolute Gasteiger partial charge is 0.457 e. The Bertz CT molecular complexity index is 4280. The monoisotopic (exact) mass is 1030 g/mol. The molecule has 80 heavy (non-hydrogen) atoms. The molecular formula is C75H62N4O. The summed E-state index contributed by atoms with van der Waals surface area (Å²) >= 11 is 0. The van der Waals surface area contributed by atoms with E-state index in [1.165, 1.54) is 66.9 Å². The molecule has 1 atom stereocenters. The number of pyridine rings is 1. The van der Waals surface area contributed by atoms with E-state index in [1.807, 2.05) is 6.20 Å². The lowest BCUT2D eigenvalue weighted by Crippen LogP contribution is -2.29. The summed E-state index contributed by atoms with van der Waals surface area (Å²) in [5, 5.41) is 2.29. The van der Waals surface area contributed by atoms with Crippen molar-refractivity contribution in [3.63, 3.8) is 0 Å². The number of aromatic nitrogens is 2. The summed E-state index contributed by atoms with van der Waals surface area (Å²) in [5.74, 6) is 2.34. The van der Waals surface area contributed by atoms with Crippen LogP contribution in [0.25, 0.3) is 61.0 Å². The fraction of sp³-hybridized carbons (Fsp3) is 0.133. The highest BCUT2D eigenvalue weighted by molar-refractivity contribution is 6.09. The lowest BCUT2D eigenvalue weighted by molar-refractivity contribution is 0.483. The molecule has 3 heterocycles. The van der Waals surface area contributed by atoms with Gasteiger partial charge in [0.1, 0.15) is 24.0 Å². The summed E-state index contributed by atoms with van der Waals surface area (Å²) in [6.45, 7) is 14.4. The van der Waals surface area contributed by atoms with Crippen molar-refractivity contribution in [1.82, 2.24) is 9.55 Å².